The van der Waals surface area contributed by atoms with E-state index in [2.05, 4.69) is 21.9 Å². The van der Waals surface area contributed by atoms with E-state index in [9.17, 15) is 9.59 Å². The summed E-state index contributed by atoms with van der Waals surface area (Å²) >= 11 is 1.17. The highest BCUT2D eigenvalue weighted by molar-refractivity contribution is 7.20. The lowest BCUT2D eigenvalue weighted by Crippen LogP contribution is -2.32. The van der Waals surface area contributed by atoms with Crippen LogP contribution in [0, 0.1) is 5.92 Å². The Morgan fingerprint density at radius 1 is 1.62 bits per heavy atom. The van der Waals surface area contributed by atoms with Crippen molar-refractivity contribution >= 4 is 33.5 Å². The molecule has 2 amide bonds. The van der Waals surface area contributed by atoms with Crippen molar-refractivity contribution < 1.29 is 11.0 Å². The van der Waals surface area contributed by atoms with Crippen molar-refractivity contribution in [3.63, 3.8) is 0 Å². The maximum atomic E-state index is 12.5. The first-order valence-electron chi connectivity index (χ1n) is 7.03. The number of carbonyl (C=O) groups is 2. The molecule has 0 aliphatic carbocycles. The number of hydrogen-bond acceptors (Lipinski definition) is 5. The van der Waals surface area contributed by atoms with Gasteiger partial charge < -0.3 is 10.2 Å². The fraction of sp³-hybridized carbons (Fsp3) is 0.286. The van der Waals surface area contributed by atoms with E-state index in [1.807, 2.05) is 0 Å². The quantitative estimate of drug-likeness (QED) is 0.930. The van der Waals surface area contributed by atoms with Crippen molar-refractivity contribution in [2.45, 2.75) is 6.42 Å². The minimum atomic E-state index is -0.221. The van der Waals surface area contributed by atoms with Crippen molar-refractivity contribution in [2.24, 2.45) is 5.92 Å². The summed E-state index contributed by atoms with van der Waals surface area (Å²) in [5.41, 5.74) is 0.418. The smallest absolute Gasteiger partial charge is 0.282 e. The van der Waals surface area contributed by atoms with Gasteiger partial charge in [-0.25, -0.2) is 9.97 Å². The van der Waals surface area contributed by atoms with Crippen LogP contribution in [0.1, 0.15) is 17.6 Å². The molecule has 0 radical (unpaired) electrons. The first kappa shape index (κ1) is 12.5. The number of pyridine rings is 1. The summed E-state index contributed by atoms with van der Waals surface area (Å²) < 4.78 is 8.41. The van der Waals surface area contributed by atoms with Crippen molar-refractivity contribution in [1.29, 1.82) is 0 Å². The molecule has 1 unspecified atom stereocenters. The average Bonchev–Trinajstić information content (AvgIpc) is 3.14. The van der Waals surface area contributed by atoms with Gasteiger partial charge in [0, 0.05) is 19.3 Å². The number of nitrogens with zero attached hydrogens (tertiary/aromatic N) is 3. The second kappa shape index (κ2) is 5.61. The van der Waals surface area contributed by atoms with E-state index < -0.39 is 0 Å². The lowest BCUT2D eigenvalue weighted by atomic mass is 10.1. The third-order valence-electron chi connectivity index (χ3n) is 3.37. The van der Waals surface area contributed by atoms with E-state index in [1.165, 1.54) is 23.7 Å². The van der Waals surface area contributed by atoms with Gasteiger partial charge in [-0.1, -0.05) is 6.58 Å². The SMILES string of the molecule is [3H]c1ccnc2nc(C(=O)N3CCC(C(=O)NC=C)C3)sc12. The monoisotopic (exact) mass is 304 g/mol. The molecule has 0 bridgehead atoms. The molecule has 2 aromatic rings. The number of rotatable bonds is 3. The molecular weight excluding hydrogens is 288 g/mol. The number of nitrogens with one attached hydrogen (secondary N) is 1. The molecule has 3 rings (SSSR count). The molecule has 1 N–H and O–H groups in total. The van der Waals surface area contributed by atoms with Gasteiger partial charge in [-0.2, -0.15) is 0 Å². The minimum absolute atomic E-state index is 0.121. The van der Waals surface area contributed by atoms with Crippen LogP contribution in [0.2, 0.25) is 0 Å². The number of fused-ring (bicyclic) bond motifs is 1. The summed E-state index contributed by atoms with van der Waals surface area (Å²) in [6.07, 6.45) is 3.48. The second-order valence-electron chi connectivity index (χ2n) is 4.71. The van der Waals surface area contributed by atoms with Crippen LogP contribution in [0.4, 0.5) is 0 Å². The highest BCUT2D eigenvalue weighted by Crippen LogP contribution is 2.24. The van der Waals surface area contributed by atoms with Gasteiger partial charge in [-0.3, -0.25) is 9.59 Å². The topological polar surface area (TPSA) is 75.2 Å². The summed E-state index contributed by atoms with van der Waals surface area (Å²) in [5, 5.41) is 2.87. The lowest BCUT2D eigenvalue weighted by Gasteiger charge is -2.14. The van der Waals surface area contributed by atoms with Crippen LogP contribution in [0.5, 0.6) is 0 Å². The molecule has 6 nitrogen and oxygen atoms in total. The summed E-state index contributed by atoms with van der Waals surface area (Å²) in [7, 11) is 0. The molecule has 1 fully saturated rings. The van der Waals surface area contributed by atoms with Crippen molar-refractivity contribution in [3.05, 3.63) is 36.1 Å². The van der Waals surface area contributed by atoms with E-state index >= 15 is 0 Å². The molecular formula is C14H14N4O2S. The molecule has 1 aliphatic rings. The van der Waals surface area contributed by atoms with E-state index in [-0.39, 0.29) is 17.7 Å². The molecule has 1 atom stereocenters. The van der Waals surface area contributed by atoms with Crippen LogP contribution in [-0.2, 0) is 4.79 Å². The summed E-state index contributed by atoms with van der Waals surface area (Å²) in [5.74, 6) is -0.554. The molecule has 7 heteroatoms. The molecule has 1 saturated heterocycles. The van der Waals surface area contributed by atoms with Gasteiger partial charge in [-0.15, -0.1) is 11.3 Å². The predicted octanol–water partition coefficient (Wildman–Crippen LogP) is 1.41. The lowest BCUT2D eigenvalue weighted by molar-refractivity contribution is -0.123. The van der Waals surface area contributed by atoms with Gasteiger partial charge in [0.1, 0.15) is 0 Å². The molecule has 108 valence electrons. The normalized spacial score (nSPS) is 18.6. The molecule has 0 spiro atoms. The average molecular weight is 304 g/mol. The Balaban J connectivity index is 1.77. The van der Waals surface area contributed by atoms with Gasteiger partial charge in [0.25, 0.3) is 5.91 Å². The summed E-state index contributed by atoms with van der Waals surface area (Å²) in [6, 6.07) is 1.88. The Kier molecular flexibility index (Phi) is 3.33. The number of aromatic nitrogens is 2. The third kappa shape index (κ3) is 2.64. The van der Waals surface area contributed by atoms with E-state index in [1.54, 1.807) is 11.0 Å². The van der Waals surface area contributed by atoms with Crippen LogP contribution in [-0.4, -0.2) is 39.8 Å². The van der Waals surface area contributed by atoms with Crippen molar-refractivity contribution in [1.82, 2.24) is 20.2 Å². The van der Waals surface area contributed by atoms with Gasteiger partial charge in [0.15, 0.2) is 10.7 Å². The number of amides is 2. The highest BCUT2D eigenvalue weighted by atomic mass is 32.1. The largest absolute Gasteiger partial charge is 0.336 e. The molecule has 21 heavy (non-hydrogen) atoms. The molecule has 0 saturated carbocycles. The predicted molar refractivity (Wildman–Crippen MR) is 79.8 cm³/mol. The van der Waals surface area contributed by atoms with Crippen LogP contribution < -0.4 is 5.32 Å². The molecule has 3 heterocycles. The van der Waals surface area contributed by atoms with Gasteiger partial charge >= 0.3 is 0 Å². The number of carbonyl (C=O) groups excluding carboxylic acids is 2. The Morgan fingerprint density at radius 2 is 2.48 bits per heavy atom. The Labute approximate surface area is 126 Å². The van der Waals surface area contributed by atoms with Gasteiger partial charge in [0.2, 0.25) is 5.91 Å². The van der Waals surface area contributed by atoms with Crippen LogP contribution in [0.3, 0.4) is 0 Å². The highest BCUT2D eigenvalue weighted by Gasteiger charge is 2.32. The molecule has 2 aromatic heterocycles. The van der Waals surface area contributed by atoms with E-state index in [0.29, 0.717) is 40.9 Å². The van der Waals surface area contributed by atoms with Crippen molar-refractivity contribution in [3.8, 4) is 0 Å². The Bertz CT molecular complexity index is 760. The first-order valence-corrected chi connectivity index (χ1v) is 7.34. The van der Waals surface area contributed by atoms with Crippen molar-refractivity contribution in [2.75, 3.05) is 13.1 Å². The zero-order chi connectivity index (χ0) is 15.7. The number of hydrogen-bond donors (Lipinski definition) is 1. The van der Waals surface area contributed by atoms with Crippen LogP contribution in [0.15, 0.2) is 31.1 Å². The molecule has 1 aliphatic heterocycles. The second-order valence-corrected chi connectivity index (χ2v) is 5.71. The van der Waals surface area contributed by atoms with E-state index in [4.69, 9.17) is 1.37 Å². The fourth-order valence-corrected chi connectivity index (χ4v) is 3.18. The zero-order valence-corrected chi connectivity index (χ0v) is 12.0. The van der Waals surface area contributed by atoms with Gasteiger partial charge in [0.05, 0.1) is 12.0 Å². The van der Waals surface area contributed by atoms with Gasteiger partial charge in [-0.05, 0) is 24.7 Å². The minimum Gasteiger partial charge on any atom is -0.336 e. The zero-order valence-electron chi connectivity index (χ0n) is 12.2. The number of likely N-dealkylation sites (tertiary alicyclic amines) is 1. The van der Waals surface area contributed by atoms with E-state index in [0.717, 1.165) is 0 Å². The molecule has 0 aromatic carbocycles. The first-order chi connectivity index (χ1) is 10.6. The standard InChI is InChI=1S/C14H14N4O2S/c1-2-15-12(19)9-5-7-18(8-9)14(20)13-17-11-10(21-13)4-3-6-16-11/h2-4,6,9H,1,5,7-8H2,(H,15,19)/i4T. The number of thiazole rings is 1. The summed E-state index contributed by atoms with van der Waals surface area (Å²) in [6.45, 7) is 4.35. The Hall–Kier alpha value is -2.28. The maximum absolute atomic E-state index is 12.5. The fourth-order valence-electron chi connectivity index (χ4n) is 2.32. The maximum Gasteiger partial charge on any atom is 0.282 e. The van der Waals surface area contributed by atoms with Crippen LogP contribution in [0.25, 0.3) is 10.3 Å². The third-order valence-corrected chi connectivity index (χ3v) is 4.33. The van der Waals surface area contributed by atoms with Crippen LogP contribution >= 0.6 is 11.3 Å². The summed E-state index contributed by atoms with van der Waals surface area (Å²) in [4.78, 5) is 34.2. The Morgan fingerprint density at radius 3 is 3.24 bits per heavy atom.